The van der Waals surface area contributed by atoms with Gasteiger partial charge in [0.25, 0.3) is 5.91 Å². The SMILES string of the molecule is CN1CCC(c2nnc3n2CCN(C(=O)c2cccc4cccnc24)C3)CC1. The molecule has 1 aromatic carbocycles. The van der Waals surface area contributed by atoms with Crippen LogP contribution in [0.25, 0.3) is 10.9 Å². The fourth-order valence-corrected chi connectivity index (χ4v) is 4.37. The van der Waals surface area contributed by atoms with Gasteiger partial charge in [-0.15, -0.1) is 10.2 Å². The average Bonchev–Trinajstić information content (AvgIpc) is 3.16. The van der Waals surface area contributed by atoms with E-state index >= 15 is 0 Å². The van der Waals surface area contributed by atoms with Crippen LogP contribution in [0.3, 0.4) is 0 Å². The minimum atomic E-state index is 0.0133. The standard InChI is InChI=1S/C21H24N6O/c1-25-10-7-16(8-11-25)20-24-23-18-14-26(12-13-27(18)20)21(28)17-6-2-4-15-5-3-9-22-19(15)17/h2-6,9,16H,7-8,10-14H2,1H3. The van der Waals surface area contributed by atoms with Crippen LogP contribution in [0.5, 0.6) is 0 Å². The van der Waals surface area contributed by atoms with E-state index in [0.717, 1.165) is 55.0 Å². The fourth-order valence-electron chi connectivity index (χ4n) is 4.37. The van der Waals surface area contributed by atoms with Crippen molar-refractivity contribution in [3.8, 4) is 0 Å². The van der Waals surface area contributed by atoms with E-state index in [-0.39, 0.29) is 5.91 Å². The molecule has 0 saturated carbocycles. The van der Waals surface area contributed by atoms with Crippen LogP contribution in [0.15, 0.2) is 36.5 Å². The van der Waals surface area contributed by atoms with E-state index in [1.165, 1.54) is 0 Å². The Labute approximate surface area is 164 Å². The van der Waals surface area contributed by atoms with Crippen LogP contribution in [0.4, 0.5) is 0 Å². The topological polar surface area (TPSA) is 67.2 Å². The number of para-hydroxylation sites is 1. The summed E-state index contributed by atoms with van der Waals surface area (Å²) in [6.07, 6.45) is 3.98. The van der Waals surface area contributed by atoms with Crippen molar-refractivity contribution in [2.75, 3.05) is 26.7 Å². The highest BCUT2D eigenvalue weighted by Crippen LogP contribution is 2.28. The molecule has 2 aliphatic heterocycles. The minimum absolute atomic E-state index is 0.0133. The maximum Gasteiger partial charge on any atom is 0.256 e. The molecule has 2 aromatic heterocycles. The van der Waals surface area contributed by atoms with Crippen molar-refractivity contribution < 1.29 is 4.79 Å². The normalized spacial score (nSPS) is 18.4. The Balaban J connectivity index is 1.38. The van der Waals surface area contributed by atoms with Gasteiger partial charge in [-0.1, -0.05) is 18.2 Å². The Morgan fingerprint density at radius 3 is 2.71 bits per heavy atom. The molecule has 1 saturated heterocycles. The predicted octanol–water partition coefficient (Wildman–Crippen LogP) is 2.29. The lowest BCUT2D eigenvalue weighted by atomic mass is 9.96. The molecular weight excluding hydrogens is 352 g/mol. The summed E-state index contributed by atoms with van der Waals surface area (Å²) in [6.45, 7) is 4.14. The molecule has 0 spiro atoms. The maximum absolute atomic E-state index is 13.2. The first-order valence-electron chi connectivity index (χ1n) is 9.94. The van der Waals surface area contributed by atoms with Gasteiger partial charge in [-0.05, 0) is 45.1 Å². The molecule has 1 fully saturated rings. The second-order valence-electron chi connectivity index (χ2n) is 7.81. The monoisotopic (exact) mass is 376 g/mol. The van der Waals surface area contributed by atoms with E-state index in [1.54, 1.807) is 6.20 Å². The Hall–Kier alpha value is -2.80. The van der Waals surface area contributed by atoms with Crippen LogP contribution in [-0.2, 0) is 13.1 Å². The van der Waals surface area contributed by atoms with Gasteiger partial charge in [0.15, 0.2) is 5.82 Å². The number of aromatic nitrogens is 4. The summed E-state index contributed by atoms with van der Waals surface area (Å²) < 4.78 is 2.24. The lowest BCUT2D eigenvalue weighted by molar-refractivity contribution is 0.0707. The summed E-state index contributed by atoms with van der Waals surface area (Å²) in [5.41, 5.74) is 1.41. The number of piperidine rings is 1. The lowest BCUT2D eigenvalue weighted by Crippen LogP contribution is -2.39. The van der Waals surface area contributed by atoms with Crippen molar-refractivity contribution in [2.45, 2.75) is 31.8 Å². The third kappa shape index (κ3) is 2.96. The van der Waals surface area contributed by atoms with Crippen LogP contribution < -0.4 is 0 Å². The average molecular weight is 376 g/mol. The molecule has 2 aliphatic rings. The van der Waals surface area contributed by atoms with Gasteiger partial charge in [0.1, 0.15) is 5.82 Å². The zero-order valence-electron chi connectivity index (χ0n) is 16.1. The predicted molar refractivity (Wildman–Crippen MR) is 106 cm³/mol. The van der Waals surface area contributed by atoms with Gasteiger partial charge in [-0.2, -0.15) is 0 Å². The molecule has 4 heterocycles. The Kier molecular flexibility index (Phi) is 4.31. The molecule has 0 N–H and O–H groups in total. The highest BCUT2D eigenvalue weighted by Gasteiger charge is 2.30. The number of hydrogen-bond donors (Lipinski definition) is 0. The number of pyridine rings is 1. The van der Waals surface area contributed by atoms with Crippen molar-refractivity contribution in [2.24, 2.45) is 0 Å². The Bertz CT molecular complexity index is 1020. The molecule has 0 unspecified atom stereocenters. The highest BCUT2D eigenvalue weighted by atomic mass is 16.2. The van der Waals surface area contributed by atoms with Crippen molar-refractivity contribution >= 4 is 16.8 Å². The molecule has 0 atom stereocenters. The van der Waals surface area contributed by atoms with Gasteiger partial charge >= 0.3 is 0 Å². The van der Waals surface area contributed by atoms with Gasteiger partial charge in [0.05, 0.1) is 17.6 Å². The zero-order valence-corrected chi connectivity index (χ0v) is 16.1. The van der Waals surface area contributed by atoms with Gasteiger partial charge in [-0.3, -0.25) is 9.78 Å². The number of benzene rings is 1. The fraction of sp³-hybridized carbons (Fsp3) is 0.429. The second kappa shape index (κ2) is 6.98. The number of carbonyl (C=O) groups is 1. The summed E-state index contributed by atoms with van der Waals surface area (Å²) in [4.78, 5) is 21.8. The Morgan fingerprint density at radius 1 is 1.04 bits per heavy atom. The van der Waals surface area contributed by atoms with E-state index < -0.39 is 0 Å². The van der Waals surface area contributed by atoms with E-state index in [1.807, 2.05) is 35.2 Å². The largest absolute Gasteiger partial charge is 0.329 e. The van der Waals surface area contributed by atoms with Crippen molar-refractivity contribution in [3.63, 3.8) is 0 Å². The smallest absolute Gasteiger partial charge is 0.256 e. The molecule has 7 nitrogen and oxygen atoms in total. The third-order valence-electron chi connectivity index (χ3n) is 6.02. The van der Waals surface area contributed by atoms with Crippen LogP contribution in [0.2, 0.25) is 0 Å². The molecular formula is C21H24N6O. The van der Waals surface area contributed by atoms with Crippen LogP contribution in [0, 0.1) is 0 Å². The maximum atomic E-state index is 13.2. The van der Waals surface area contributed by atoms with E-state index in [4.69, 9.17) is 0 Å². The molecule has 144 valence electrons. The molecule has 0 aliphatic carbocycles. The molecule has 7 heteroatoms. The first-order chi connectivity index (χ1) is 13.7. The van der Waals surface area contributed by atoms with Crippen molar-refractivity contribution in [1.82, 2.24) is 29.5 Å². The molecule has 1 amide bonds. The minimum Gasteiger partial charge on any atom is -0.329 e. The number of nitrogens with zero attached hydrogens (tertiary/aromatic N) is 6. The Morgan fingerprint density at radius 2 is 1.86 bits per heavy atom. The van der Waals surface area contributed by atoms with Crippen molar-refractivity contribution in [3.05, 3.63) is 53.7 Å². The number of amides is 1. The van der Waals surface area contributed by atoms with E-state index in [2.05, 4.69) is 31.7 Å². The molecule has 0 bridgehead atoms. The number of fused-ring (bicyclic) bond motifs is 2. The molecule has 0 radical (unpaired) electrons. The van der Waals surface area contributed by atoms with Crippen molar-refractivity contribution in [1.29, 1.82) is 0 Å². The van der Waals surface area contributed by atoms with Gasteiger partial charge in [0, 0.05) is 30.6 Å². The number of carbonyl (C=O) groups excluding carboxylic acids is 1. The summed E-state index contributed by atoms with van der Waals surface area (Å²) in [6, 6.07) is 9.65. The van der Waals surface area contributed by atoms with Crippen LogP contribution in [0.1, 0.15) is 40.8 Å². The second-order valence-corrected chi connectivity index (χ2v) is 7.81. The number of likely N-dealkylation sites (tertiary alicyclic amines) is 1. The lowest BCUT2D eigenvalue weighted by Gasteiger charge is -2.31. The van der Waals surface area contributed by atoms with Crippen LogP contribution in [-0.4, -0.2) is 62.1 Å². The summed E-state index contributed by atoms with van der Waals surface area (Å²) >= 11 is 0. The third-order valence-corrected chi connectivity index (χ3v) is 6.02. The van der Waals surface area contributed by atoms with E-state index in [9.17, 15) is 4.79 Å². The van der Waals surface area contributed by atoms with E-state index in [0.29, 0.717) is 24.6 Å². The first-order valence-corrected chi connectivity index (χ1v) is 9.94. The highest BCUT2D eigenvalue weighted by molar-refractivity contribution is 6.05. The zero-order chi connectivity index (χ0) is 19.1. The quantitative estimate of drug-likeness (QED) is 0.687. The number of rotatable bonds is 2. The molecule has 3 aromatic rings. The molecule has 28 heavy (non-hydrogen) atoms. The summed E-state index contributed by atoms with van der Waals surface area (Å²) in [5, 5.41) is 9.92. The van der Waals surface area contributed by atoms with Gasteiger partial charge in [-0.25, -0.2) is 0 Å². The number of hydrogen-bond acceptors (Lipinski definition) is 5. The summed E-state index contributed by atoms with van der Waals surface area (Å²) in [5.74, 6) is 2.48. The van der Waals surface area contributed by atoms with Gasteiger partial charge < -0.3 is 14.4 Å². The first kappa shape index (κ1) is 17.3. The van der Waals surface area contributed by atoms with Gasteiger partial charge in [0.2, 0.25) is 0 Å². The van der Waals surface area contributed by atoms with Crippen LogP contribution >= 0.6 is 0 Å². The molecule has 5 rings (SSSR count). The summed E-state index contributed by atoms with van der Waals surface area (Å²) in [7, 11) is 2.17.